The fourth-order valence-electron chi connectivity index (χ4n) is 2.80. The third kappa shape index (κ3) is 3.60. The highest BCUT2D eigenvalue weighted by atomic mass is 79.9. The monoisotopic (exact) mass is 385 g/mol. The second-order valence-electron chi connectivity index (χ2n) is 5.61. The van der Waals surface area contributed by atoms with Gasteiger partial charge in [-0.3, -0.25) is 9.59 Å². The molecule has 2 rings (SSSR count). The molecule has 1 amide bonds. The zero-order valence-corrected chi connectivity index (χ0v) is 14.9. The molecule has 1 aliphatic rings. The molecule has 0 aromatic heterocycles. The van der Waals surface area contributed by atoms with Crippen molar-refractivity contribution in [2.75, 3.05) is 20.8 Å². The summed E-state index contributed by atoms with van der Waals surface area (Å²) in [6.07, 6.45) is 1.27. The van der Waals surface area contributed by atoms with E-state index >= 15 is 0 Å². The first-order valence-electron chi connectivity index (χ1n) is 7.34. The lowest BCUT2D eigenvalue weighted by atomic mass is 9.93. The minimum atomic E-state index is -0.858. The zero-order valence-electron chi connectivity index (χ0n) is 13.3. The van der Waals surface area contributed by atoms with Crippen LogP contribution in [0.25, 0.3) is 0 Å². The van der Waals surface area contributed by atoms with Crippen molar-refractivity contribution in [2.45, 2.75) is 25.8 Å². The van der Waals surface area contributed by atoms with Crippen molar-refractivity contribution in [1.82, 2.24) is 4.90 Å². The van der Waals surface area contributed by atoms with Crippen molar-refractivity contribution >= 4 is 27.8 Å². The summed E-state index contributed by atoms with van der Waals surface area (Å²) in [5.41, 5.74) is 0.437. The molecular weight excluding hydrogens is 366 g/mol. The molecule has 1 N–H and O–H groups in total. The molecule has 0 bridgehead atoms. The van der Waals surface area contributed by atoms with Crippen LogP contribution in [-0.4, -0.2) is 48.7 Å². The van der Waals surface area contributed by atoms with E-state index in [4.69, 9.17) is 9.47 Å². The van der Waals surface area contributed by atoms with Gasteiger partial charge in [-0.2, -0.15) is 0 Å². The Morgan fingerprint density at radius 2 is 1.96 bits per heavy atom. The van der Waals surface area contributed by atoms with Crippen molar-refractivity contribution < 1.29 is 24.2 Å². The van der Waals surface area contributed by atoms with Crippen LogP contribution in [0.4, 0.5) is 0 Å². The Morgan fingerprint density at radius 1 is 1.26 bits per heavy atom. The molecule has 23 heavy (non-hydrogen) atoms. The van der Waals surface area contributed by atoms with Crippen LogP contribution in [0.1, 0.15) is 30.1 Å². The Hall–Kier alpha value is -1.76. The fraction of sp³-hybridized carbons (Fsp3) is 0.500. The van der Waals surface area contributed by atoms with Crippen LogP contribution in [0.2, 0.25) is 0 Å². The van der Waals surface area contributed by atoms with Gasteiger partial charge in [0.2, 0.25) is 0 Å². The molecular formula is C16H20BrNO5. The molecule has 1 fully saturated rings. The lowest BCUT2D eigenvalue weighted by Crippen LogP contribution is -2.47. The standard InChI is InChI=1S/C16H20BrNO5/c1-9-4-5-10(16(20)21)8-18(9)15(19)11-6-12(17)14(23-3)13(7-11)22-2/h6-7,9-10H,4-5,8H2,1-3H3,(H,20,21). The van der Waals surface area contributed by atoms with Gasteiger partial charge in [0.1, 0.15) is 0 Å². The summed E-state index contributed by atoms with van der Waals surface area (Å²) < 4.78 is 11.1. The first-order valence-corrected chi connectivity index (χ1v) is 8.13. The van der Waals surface area contributed by atoms with Gasteiger partial charge in [-0.1, -0.05) is 0 Å². The molecule has 7 heteroatoms. The number of hydrogen-bond acceptors (Lipinski definition) is 4. The third-order valence-corrected chi connectivity index (χ3v) is 4.76. The predicted octanol–water partition coefficient (Wildman–Crippen LogP) is 2.79. The Bertz CT molecular complexity index is 619. The summed E-state index contributed by atoms with van der Waals surface area (Å²) >= 11 is 3.37. The number of methoxy groups -OCH3 is 2. The molecule has 1 aromatic carbocycles. The minimum absolute atomic E-state index is 0.00460. The van der Waals surface area contributed by atoms with Crippen LogP contribution < -0.4 is 9.47 Å². The van der Waals surface area contributed by atoms with Gasteiger partial charge in [0.25, 0.3) is 5.91 Å². The number of carbonyl (C=O) groups is 2. The SMILES string of the molecule is COc1cc(C(=O)N2CC(C(=O)O)CCC2C)cc(Br)c1OC. The van der Waals surface area contributed by atoms with Gasteiger partial charge in [0.05, 0.1) is 24.6 Å². The average Bonchev–Trinajstić information content (AvgIpc) is 2.53. The van der Waals surface area contributed by atoms with Crippen LogP contribution in [0, 0.1) is 5.92 Å². The molecule has 1 aromatic rings. The quantitative estimate of drug-likeness (QED) is 0.861. The molecule has 126 valence electrons. The number of aliphatic carboxylic acids is 1. The Labute approximate surface area is 143 Å². The van der Waals surface area contributed by atoms with Gasteiger partial charge < -0.3 is 19.5 Å². The Balaban J connectivity index is 2.32. The number of likely N-dealkylation sites (tertiary alicyclic amines) is 1. The molecule has 0 aliphatic carbocycles. The number of halogens is 1. The van der Waals surface area contributed by atoms with Crippen LogP contribution >= 0.6 is 15.9 Å². The topological polar surface area (TPSA) is 76.1 Å². The summed E-state index contributed by atoms with van der Waals surface area (Å²) in [6.45, 7) is 2.16. The summed E-state index contributed by atoms with van der Waals surface area (Å²) in [4.78, 5) is 25.7. The molecule has 0 radical (unpaired) electrons. The van der Waals surface area contributed by atoms with E-state index in [9.17, 15) is 14.7 Å². The van der Waals surface area contributed by atoms with Gasteiger partial charge in [0.15, 0.2) is 11.5 Å². The highest BCUT2D eigenvalue weighted by molar-refractivity contribution is 9.10. The molecule has 1 aliphatic heterocycles. The number of nitrogens with zero attached hydrogens (tertiary/aromatic N) is 1. The number of amides is 1. The molecule has 6 nitrogen and oxygen atoms in total. The van der Waals surface area contributed by atoms with Gasteiger partial charge in [-0.15, -0.1) is 0 Å². The van der Waals surface area contributed by atoms with Crippen LogP contribution in [0.3, 0.4) is 0 Å². The highest BCUT2D eigenvalue weighted by Gasteiger charge is 2.33. The molecule has 0 spiro atoms. The maximum Gasteiger partial charge on any atom is 0.308 e. The van der Waals surface area contributed by atoms with Crippen LogP contribution in [0.5, 0.6) is 11.5 Å². The Kier molecular flexibility index (Phi) is 5.51. The van der Waals surface area contributed by atoms with Crippen molar-refractivity contribution in [2.24, 2.45) is 5.92 Å². The summed E-state index contributed by atoms with van der Waals surface area (Å²) in [7, 11) is 3.02. The summed E-state index contributed by atoms with van der Waals surface area (Å²) in [5, 5.41) is 9.21. The second-order valence-corrected chi connectivity index (χ2v) is 6.47. The lowest BCUT2D eigenvalue weighted by molar-refractivity contribution is -0.143. The number of rotatable bonds is 4. The van der Waals surface area contributed by atoms with Gasteiger partial charge in [-0.05, 0) is 47.8 Å². The van der Waals surface area contributed by atoms with Crippen molar-refractivity contribution in [3.05, 3.63) is 22.2 Å². The van der Waals surface area contributed by atoms with Crippen LogP contribution in [0.15, 0.2) is 16.6 Å². The number of carbonyl (C=O) groups excluding carboxylic acids is 1. The fourth-order valence-corrected chi connectivity index (χ4v) is 3.40. The van der Waals surface area contributed by atoms with Crippen molar-refractivity contribution in [3.63, 3.8) is 0 Å². The average molecular weight is 386 g/mol. The number of carboxylic acid groups (broad SMARTS) is 1. The van der Waals surface area contributed by atoms with Gasteiger partial charge in [0, 0.05) is 18.2 Å². The van der Waals surface area contributed by atoms with Crippen molar-refractivity contribution in [1.29, 1.82) is 0 Å². The summed E-state index contributed by atoms with van der Waals surface area (Å²) in [6, 6.07) is 3.29. The number of hydrogen-bond donors (Lipinski definition) is 1. The van der Waals surface area contributed by atoms with Crippen LogP contribution in [-0.2, 0) is 4.79 Å². The smallest absolute Gasteiger partial charge is 0.308 e. The van der Waals surface area contributed by atoms with Gasteiger partial charge >= 0.3 is 5.97 Å². The summed E-state index contributed by atoms with van der Waals surface area (Å²) in [5.74, 6) is -0.615. The zero-order chi connectivity index (χ0) is 17.1. The molecule has 2 unspecified atom stereocenters. The van der Waals surface area contributed by atoms with E-state index in [1.165, 1.54) is 14.2 Å². The molecule has 1 saturated heterocycles. The first-order chi connectivity index (χ1) is 10.9. The van der Waals surface area contributed by atoms with E-state index in [1.807, 2.05) is 6.92 Å². The number of carboxylic acids is 1. The van der Waals surface area contributed by atoms with E-state index < -0.39 is 11.9 Å². The third-order valence-electron chi connectivity index (χ3n) is 4.17. The van der Waals surface area contributed by atoms with Crippen molar-refractivity contribution in [3.8, 4) is 11.5 Å². The molecule has 1 heterocycles. The molecule has 0 saturated carbocycles. The maximum atomic E-state index is 12.8. The van der Waals surface area contributed by atoms with E-state index in [2.05, 4.69) is 15.9 Å². The first kappa shape index (κ1) is 17.6. The van der Waals surface area contributed by atoms with Gasteiger partial charge in [-0.25, -0.2) is 0 Å². The largest absolute Gasteiger partial charge is 0.493 e. The van der Waals surface area contributed by atoms with E-state index in [0.717, 1.165) is 0 Å². The Morgan fingerprint density at radius 3 is 2.52 bits per heavy atom. The van der Waals surface area contributed by atoms with E-state index in [1.54, 1.807) is 17.0 Å². The number of benzene rings is 1. The number of piperidine rings is 1. The molecule has 2 atom stereocenters. The van der Waals surface area contributed by atoms with E-state index in [0.29, 0.717) is 34.4 Å². The maximum absolute atomic E-state index is 12.8. The lowest BCUT2D eigenvalue weighted by Gasteiger charge is -2.36. The minimum Gasteiger partial charge on any atom is -0.493 e. The van der Waals surface area contributed by atoms with E-state index in [-0.39, 0.29) is 18.5 Å². The highest BCUT2D eigenvalue weighted by Crippen LogP contribution is 2.37. The number of ether oxygens (including phenoxy) is 2. The predicted molar refractivity (Wildman–Crippen MR) is 88.1 cm³/mol. The normalized spacial score (nSPS) is 21.0. The second kappa shape index (κ2) is 7.21.